The van der Waals surface area contributed by atoms with Crippen LogP contribution in [-0.2, 0) is 9.53 Å². The fourth-order valence-corrected chi connectivity index (χ4v) is 1.12. The van der Waals surface area contributed by atoms with Crippen molar-refractivity contribution in [3.05, 3.63) is 29.8 Å². The van der Waals surface area contributed by atoms with Crippen LogP contribution in [0.4, 0.5) is 0 Å². The molecular formula is C12H16O3. The summed E-state index contributed by atoms with van der Waals surface area (Å²) in [5.41, 5.74) is 1.18. The molecule has 1 atom stereocenters. The van der Waals surface area contributed by atoms with Crippen molar-refractivity contribution in [1.29, 1.82) is 0 Å². The van der Waals surface area contributed by atoms with Crippen LogP contribution in [0.2, 0.25) is 0 Å². The normalized spacial score (nSPS) is 11.9. The van der Waals surface area contributed by atoms with Crippen molar-refractivity contribution >= 4 is 5.97 Å². The van der Waals surface area contributed by atoms with Crippen molar-refractivity contribution < 1.29 is 14.3 Å². The molecule has 1 aromatic rings. The molecule has 0 aliphatic heterocycles. The molecule has 1 unspecified atom stereocenters. The van der Waals surface area contributed by atoms with Gasteiger partial charge in [0, 0.05) is 0 Å². The molecule has 3 nitrogen and oxygen atoms in total. The molecule has 15 heavy (non-hydrogen) atoms. The number of carbonyl (C=O) groups is 1. The zero-order valence-corrected chi connectivity index (χ0v) is 9.32. The molecule has 0 fully saturated rings. The summed E-state index contributed by atoms with van der Waals surface area (Å²) in [4.78, 5) is 11.1. The Kier molecular flexibility index (Phi) is 4.16. The fourth-order valence-electron chi connectivity index (χ4n) is 1.12. The second-order valence-electron chi connectivity index (χ2n) is 3.55. The van der Waals surface area contributed by atoms with Gasteiger partial charge in [0.05, 0.1) is 13.0 Å². The smallest absolute Gasteiger partial charge is 0.311 e. The SMILES string of the molecule is COC(=O)C(C)COc1ccc(C)cc1. The van der Waals surface area contributed by atoms with Crippen molar-refractivity contribution in [3.8, 4) is 5.75 Å². The molecule has 0 aliphatic carbocycles. The number of ether oxygens (including phenoxy) is 2. The highest BCUT2D eigenvalue weighted by Gasteiger charge is 2.13. The molecule has 0 aromatic heterocycles. The van der Waals surface area contributed by atoms with Crippen LogP contribution in [-0.4, -0.2) is 19.7 Å². The maximum absolute atomic E-state index is 11.1. The van der Waals surface area contributed by atoms with Gasteiger partial charge in [-0.05, 0) is 26.0 Å². The molecule has 0 heterocycles. The average molecular weight is 208 g/mol. The highest BCUT2D eigenvalue weighted by atomic mass is 16.5. The lowest BCUT2D eigenvalue weighted by Crippen LogP contribution is -2.19. The van der Waals surface area contributed by atoms with Crippen LogP contribution in [0.1, 0.15) is 12.5 Å². The van der Waals surface area contributed by atoms with E-state index in [1.807, 2.05) is 31.2 Å². The zero-order valence-electron chi connectivity index (χ0n) is 9.32. The first kappa shape index (κ1) is 11.6. The number of hydrogen-bond donors (Lipinski definition) is 0. The van der Waals surface area contributed by atoms with Gasteiger partial charge in [0.1, 0.15) is 12.4 Å². The molecule has 82 valence electrons. The summed E-state index contributed by atoms with van der Waals surface area (Å²) in [5, 5.41) is 0. The van der Waals surface area contributed by atoms with Gasteiger partial charge in [0.25, 0.3) is 0 Å². The first-order valence-corrected chi connectivity index (χ1v) is 4.90. The highest BCUT2D eigenvalue weighted by molar-refractivity contribution is 5.71. The van der Waals surface area contributed by atoms with Gasteiger partial charge in [0.2, 0.25) is 0 Å². The van der Waals surface area contributed by atoms with E-state index < -0.39 is 0 Å². The van der Waals surface area contributed by atoms with E-state index in [2.05, 4.69) is 4.74 Å². The topological polar surface area (TPSA) is 35.5 Å². The minimum atomic E-state index is -0.248. The summed E-state index contributed by atoms with van der Waals surface area (Å²) < 4.78 is 10.0. The van der Waals surface area contributed by atoms with E-state index in [4.69, 9.17) is 4.74 Å². The van der Waals surface area contributed by atoms with E-state index in [0.717, 1.165) is 5.75 Å². The zero-order chi connectivity index (χ0) is 11.3. The molecule has 0 aliphatic rings. The van der Waals surface area contributed by atoms with Crippen molar-refractivity contribution in [2.75, 3.05) is 13.7 Å². The van der Waals surface area contributed by atoms with Gasteiger partial charge in [-0.1, -0.05) is 17.7 Å². The van der Waals surface area contributed by atoms with Crippen molar-refractivity contribution in [1.82, 2.24) is 0 Å². The molecule has 0 N–H and O–H groups in total. The lowest BCUT2D eigenvalue weighted by Gasteiger charge is -2.10. The third kappa shape index (κ3) is 3.62. The Hall–Kier alpha value is -1.51. The van der Waals surface area contributed by atoms with Gasteiger partial charge in [-0.15, -0.1) is 0 Å². The van der Waals surface area contributed by atoms with Crippen LogP contribution in [0.15, 0.2) is 24.3 Å². The standard InChI is InChI=1S/C12H16O3/c1-9-4-6-11(7-5-9)15-8-10(2)12(13)14-3/h4-7,10H,8H2,1-3H3. The van der Waals surface area contributed by atoms with Crippen LogP contribution < -0.4 is 4.74 Å². The lowest BCUT2D eigenvalue weighted by atomic mass is 10.2. The van der Waals surface area contributed by atoms with Gasteiger partial charge >= 0.3 is 5.97 Å². The third-order valence-corrected chi connectivity index (χ3v) is 2.12. The molecule has 1 rings (SSSR count). The maximum atomic E-state index is 11.1. The van der Waals surface area contributed by atoms with Crippen LogP contribution in [0.3, 0.4) is 0 Å². The number of rotatable bonds is 4. The molecule has 0 radical (unpaired) electrons. The number of methoxy groups -OCH3 is 1. The molecule has 0 bridgehead atoms. The average Bonchev–Trinajstić information content (AvgIpc) is 2.26. The molecule has 0 spiro atoms. The summed E-state index contributed by atoms with van der Waals surface area (Å²) in [5.74, 6) is 0.287. The van der Waals surface area contributed by atoms with Crippen molar-refractivity contribution in [2.24, 2.45) is 5.92 Å². The minimum absolute atomic E-state index is 0.240. The highest BCUT2D eigenvalue weighted by Crippen LogP contribution is 2.12. The van der Waals surface area contributed by atoms with Crippen LogP contribution in [0.25, 0.3) is 0 Å². The number of esters is 1. The maximum Gasteiger partial charge on any atom is 0.311 e. The monoisotopic (exact) mass is 208 g/mol. The summed E-state index contributed by atoms with van der Waals surface area (Å²) in [6, 6.07) is 7.72. The van der Waals surface area contributed by atoms with E-state index in [1.54, 1.807) is 6.92 Å². The van der Waals surface area contributed by atoms with Gasteiger partial charge in [-0.2, -0.15) is 0 Å². The summed E-state index contributed by atoms with van der Waals surface area (Å²) in [7, 11) is 1.38. The quantitative estimate of drug-likeness (QED) is 0.711. The van der Waals surface area contributed by atoms with Crippen LogP contribution >= 0.6 is 0 Å². The van der Waals surface area contributed by atoms with Gasteiger partial charge in [-0.25, -0.2) is 0 Å². The van der Waals surface area contributed by atoms with E-state index in [0.29, 0.717) is 6.61 Å². The number of hydrogen-bond acceptors (Lipinski definition) is 3. The van der Waals surface area contributed by atoms with E-state index in [-0.39, 0.29) is 11.9 Å². The third-order valence-electron chi connectivity index (χ3n) is 2.12. The van der Waals surface area contributed by atoms with E-state index >= 15 is 0 Å². The summed E-state index contributed by atoms with van der Waals surface area (Å²) in [6.07, 6.45) is 0. The number of carbonyl (C=O) groups excluding carboxylic acids is 1. The van der Waals surface area contributed by atoms with Gasteiger partial charge in [-0.3, -0.25) is 4.79 Å². The number of aryl methyl sites for hydroxylation is 1. The van der Waals surface area contributed by atoms with Gasteiger partial charge in [0.15, 0.2) is 0 Å². The Labute approximate surface area is 90.0 Å². The van der Waals surface area contributed by atoms with Crippen LogP contribution in [0.5, 0.6) is 5.75 Å². The predicted molar refractivity (Wildman–Crippen MR) is 57.9 cm³/mol. The lowest BCUT2D eigenvalue weighted by molar-refractivity contribution is -0.145. The van der Waals surface area contributed by atoms with Crippen LogP contribution in [0, 0.1) is 12.8 Å². The minimum Gasteiger partial charge on any atom is -0.493 e. The Bertz CT molecular complexity index is 316. The first-order valence-electron chi connectivity index (χ1n) is 4.90. The van der Waals surface area contributed by atoms with Gasteiger partial charge < -0.3 is 9.47 Å². The summed E-state index contributed by atoms with van der Waals surface area (Å²) in [6.45, 7) is 4.14. The predicted octanol–water partition coefficient (Wildman–Crippen LogP) is 2.18. The van der Waals surface area contributed by atoms with E-state index in [1.165, 1.54) is 12.7 Å². The Morgan fingerprint density at radius 1 is 1.33 bits per heavy atom. The second-order valence-corrected chi connectivity index (χ2v) is 3.55. The van der Waals surface area contributed by atoms with Crippen molar-refractivity contribution in [2.45, 2.75) is 13.8 Å². The fraction of sp³-hybridized carbons (Fsp3) is 0.417. The molecule has 0 amide bonds. The molecular weight excluding hydrogens is 192 g/mol. The Morgan fingerprint density at radius 3 is 2.47 bits per heavy atom. The number of benzene rings is 1. The Morgan fingerprint density at radius 2 is 1.93 bits per heavy atom. The van der Waals surface area contributed by atoms with Crippen molar-refractivity contribution in [3.63, 3.8) is 0 Å². The Balaban J connectivity index is 2.43. The molecule has 3 heteroatoms. The molecule has 0 saturated carbocycles. The molecule has 0 saturated heterocycles. The second kappa shape index (κ2) is 5.39. The largest absolute Gasteiger partial charge is 0.493 e. The summed E-state index contributed by atoms with van der Waals surface area (Å²) >= 11 is 0. The first-order chi connectivity index (χ1) is 7.13. The van der Waals surface area contributed by atoms with E-state index in [9.17, 15) is 4.79 Å². The molecule has 1 aromatic carbocycles.